The molecule has 0 fully saturated rings. The number of fused-ring (bicyclic) bond motifs is 9. The van der Waals surface area contributed by atoms with E-state index >= 15 is 0 Å². The molecule has 0 spiro atoms. The van der Waals surface area contributed by atoms with Crippen molar-refractivity contribution < 1.29 is 12.8 Å². The molecule has 214 valence electrons. The summed E-state index contributed by atoms with van der Waals surface area (Å²) in [5, 5.41) is 13.7. The molecule has 0 bridgehead atoms. The lowest BCUT2D eigenvalue weighted by atomic mass is 9.92. The van der Waals surface area contributed by atoms with Crippen molar-refractivity contribution in [1.29, 1.82) is 5.26 Å². The zero-order chi connectivity index (χ0) is 30.3. The number of nitriles is 1. The van der Waals surface area contributed by atoms with Crippen molar-refractivity contribution in [2.45, 2.75) is 11.5 Å². The molecule has 0 atom stereocenters. The van der Waals surface area contributed by atoms with Crippen molar-refractivity contribution >= 4 is 53.6 Å². The van der Waals surface area contributed by atoms with Gasteiger partial charge in [-0.2, -0.15) is 5.26 Å². The molecule has 0 amide bonds. The fraction of sp³-hybridized carbons (Fsp3) is 0.0513. The minimum absolute atomic E-state index is 0.00958. The molecular weight excluding hydrogens is 577 g/mol. The Labute approximate surface area is 259 Å². The fourth-order valence-electron chi connectivity index (χ4n) is 6.99. The molecule has 5 nitrogen and oxygen atoms in total. The van der Waals surface area contributed by atoms with E-state index in [1.165, 1.54) is 0 Å². The van der Waals surface area contributed by atoms with E-state index in [0.717, 1.165) is 82.8 Å². The van der Waals surface area contributed by atoms with Crippen molar-refractivity contribution in [3.8, 4) is 34.0 Å². The Balaban J connectivity index is 1.23. The Bertz CT molecular complexity index is 2690. The number of furan rings is 1. The van der Waals surface area contributed by atoms with Crippen molar-refractivity contribution in [2.24, 2.45) is 0 Å². The Hall–Kier alpha value is -5.64. The molecule has 1 aliphatic heterocycles. The molecule has 0 N–H and O–H groups in total. The average Bonchev–Trinajstić information content (AvgIpc) is 3.56. The van der Waals surface area contributed by atoms with Gasteiger partial charge in [0.25, 0.3) is 0 Å². The maximum atomic E-state index is 13.4. The molecule has 8 aromatic rings. The van der Waals surface area contributed by atoms with Gasteiger partial charge in [0.15, 0.2) is 9.84 Å². The van der Waals surface area contributed by atoms with Gasteiger partial charge in [-0.25, -0.2) is 8.42 Å². The van der Waals surface area contributed by atoms with Crippen LogP contribution in [0.15, 0.2) is 126 Å². The molecule has 2 aromatic heterocycles. The van der Waals surface area contributed by atoms with Crippen LogP contribution in [0.4, 0.5) is 0 Å². The Kier molecular flexibility index (Phi) is 5.41. The maximum Gasteiger partial charge on any atom is 0.158 e. The SMILES string of the molecule is N#Cc1ccc2c(c1)c1ccccc1n2-c1ccc2c(c1)CS(=O)(=O)Cc1ccc(-c3ccc4oc5ccccc5c4c3)cc1-2. The van der Waals surface area contributed by atoms with E-state index in [1.807, 2.05) is 72.8 Å². The van der Waals surface area contributed by atoms with Gasteiger partial charge in [-0.1, -0.05) is 60.7 Å². The summed E-state index contributed by atoms with van der Waals surface area (Å²) in [6.07, 6.45) is 0. The summed E-state index contributed by atoms with van der Waals surface area (Å²) in [6, 6.07) is 42.6. The lowest BCUT2D eigenvalue weighted by Gasteiger charge is -2.14. The number of sulfone groups is 1. The van der Waals surface area contributed by atoms with E-state index in [4.69, 9.17) is 4.42 Å². The molecule has 0 radical (unpaired) electrons. The predicted molar refractivity (Wildman–Crippen MR) is 180 cm³/mol. The van der Waals surface area contributed by atoms with Crippen molar-refractivity contribution in [3.63, 3.8) is 0 Å². The summed E-state index contributed by atoms with van der Waals surface area (Å²) in [5.74, 6) is -0.0484. The topological polar surface area (TPSA) is 76.0 Å². The molecule has 0 saturated carbocycles. The maximum absolute atomic E-state index is 13.4. The molecule has 45 heavy (non-hydrogen) atoms. The molecule has 9 rings (SSSR count). The first kappa shape index (κ1) is 25.8. The lowest BCUT2D eigenvalue weighted by Crippen LogP contribution is -2.06. The van der Waals surface area contributed by atoms with Crippen LogP contribution in [0, 0.1) is 11.3 Å². The predicted octanol–water partition coefficient (Wildman–Crippen LogP) is 9.32. The van der Waals surface area contributed by atoms with Gasteiger partial charge in [0, 0.05) is 27.2 Å². The minimum atomic E-state index is -3.41. The number of para-hydroxylation sites is 2. The minimum Gasteiger partial charge on any atom is -0.456 e. The fourth-order valence-corrected chi connectivity index (χ4v) is 8.53. The standard InChI is InChI=1S/C39H24N2O3S/c40-21-24-9-15-37-34(17-24)31-5-1-3-7-36(31)41(37)29-13-14-30-28(18-29)23-45(42,43)22-27-11-10-25(19-33(27)30)26-12-16-39-35(20-26)32-6-2-4-8-38(32)44-39/h1-20H,22-23H2. The lowest BCUT2D eigenvalue weighted by molar-refractivity contribution is 0.595. The highest BCUT2D eigenvalue weighted by Crippen LogP contribution is 2.40. The summed E-state index contributed by atoms with van der Waals surface area (Å²) in [4.78, 5) is 0. The van der Waals surface area contributed by atoms with Gasteiger partial charge in [-0.05, 0) is 94.0 Å². The van der Waals surface area contributed by atoms with E-state index in [2.05, 4.69) is 59.2 Å². The van der Waals surface area contributed by atoms with Gasteiger partial charge in [-0.3, -0.25) is 0 Å². The highest BCUT2D eigenvalue weighted by Gasteiger charge is 2.25. The number of rotatable bonds is 2. The zero-order valence-corrected chi connectivity index (χ0v) is 24.8. The monoisotopic (exact) mass is 600 g/mol. The van der Waals surface area contributed by atoms with Gasteiger partial charge in [0.2, 0.25) is 0 Å². The number of aromatic nitrogens is 1. The van der Waals surface area contributed by atoms with Crippen LogP contribution in [0.3, 0.4) is 0 Å². The van der Waals surface area contributed by atoms with Crippen LogP contribution < -0.4 is 0 Å². The molecule has 6 heteroatoms. The van der Waals surface area contributed by atoms with Crippen LogP contribution in [0.1, 0.15) is 16.7 Å². The van der Waals surface area contributed by atoms with Crippen molar-refractivity contribution in [3.05, 3.63) is 138 Å². The molecule has 0 aliphatic carbocycles. The first-order chi connectivity index (χ1) is 22.0. The molecule has 0 saturated heterocycles. The van der Waals surface area contributed by atoms with E-state index in [-0.39, 0.29) is 11.5 Å². The van der Waals surface area contributed by atoms with Crippen LogP contribution in [0.2, 0.25) is 0 Å². The van der Waals surface area contributed by atoms with Crippen molar-refractivity contribution in [1.82, 2.24) is 4.57 Å². The van der Waals surface area contributed by atoms with Gasteiger partial charge < -0.3 is 8.98 Å². The van der Waals surface area contributed by atoms with Gasteiger partial charge in [0.1, 0.15) is 11.2 Å². The zero-order valence-electron chi connectivity index (χ0n) is 24.0. The van der Waals surface area contributed by atoms with Crippen LogP contribution in [0.25, 0.3) is 71.7 Å². The third kappa shape index (κ3) is 4.02. The van der Waals surface area contributed by atoms with Gasteiger partial charge in [-0.15, -0.1) is 0 Å². The van der Waals surface area contributed by atoms with Crippen LogP contribution in [-0.2, 0) is 21.3 Å². The number of hydrogen-bond donors (Lipinski definition) is 0. The largest absolute Gasteiger partial charge is 0.456 e. The van der Waals surface area contributed by atoms with E-state index in [1.54, 1.807) is 0 Å². The molecule has 6 aromatic carbocycles. The highest BCUT2D eigenvalue weighted by molar-refractivity contribution is 7.89. The van der Waals surface area contributed by atoms with Gasteiger partial charge >= 0.3 is 0 Å². The average molecular weight is 601 g/mol. The molecule has 3 heterocycles. The number of hydrogen-bond acceptors (Lipinski definition) is 4. The Morgan fingerprint density at radius 3 is 2.22 bits per heavy atom. The first-order valence-electron chi connectivity index (χ1n) is 14.8. The highest BCUT2D eigenvalue weighted by atomic mass is 32.2. The molecule has 0 unspecified atom stereocenters. The second-order valence-corrected chi connectivity index (χ2v) is 13.8. The smallest absolute Gasteiger partial charge is 0.158 e. The summed E-state index contributed by atoms with van der Waals surface area (Å²) in [5.41, 5.74) is 10.7. The van der Waals surface area contributed by atoms with E-state index in [9.17, 15) is 13.7 Å². The summed E-state index contributed by atoms with van der Waals surface area (Å²) >= 11 is 0. The van der Waals surface area contributed by atoms with Crippen LogP contribution >= 0.6 is 0 Å². The number of benzene rings is 6. The Morgan fingerprint density at radius 1 is 0.600 bits per heavy atom. The quantitative estimate of drug-likeness (QED) is 0.198. The van der Waals surface area contributed by atoms with Crippen LogP contribution in [-0.4, -0.2) is 13.0 Å². The van der Waals surface area contributed by atoms with Crippen LogP contribution in [0.5, 0.6) is 0 Å². The molecule has 1 aliphatic rings. The third-order valence-electron chi connectivity index (χ3n) is 9.01. The Morgan fingerprint density at radius 2 is 1.33 bits per heavy atom. The second kappa shape index (κ2) is 9.43. The van der Waals surface area contributed by atoms with Gasteiger partial charge in [0.05, 0.1) is 34.2 Å². The molecular formula is C39H24N2O3S. The summed E-state index contributed by atoms with van der Waals surface area (Å²) in [6.45, 7) is 0. The van der Waals surface area contributed by atoms with E-state index in [0.29, 0.717) is 5.56 Å². The van der Waals surface area contributed by atoms with Crippen molar-refractivity contribution in [2.75, 3.05) is 0 Å². The summed E-state index contributed by atoms with van der Waals surface area (Å²) in [7, 11) is -3.41. The normalized spacial score (nSPS) is 13.9. The third-order valence-corrected chi connectivity index (χ3v) is 10.5. The van der Waals surface area contributed by atoms with E-state index < -0.39 is 9.84 Å². The first-order valence-corrected chi connectivity index (χ1v) is 16.6. The number of nitrogens with zero attached hydrogens (tertiary/aromatic N) is 2. The second-order valence-electron chi connectivity index (χ2n) is 11.8. The summed E-state index contributed by atoms with van der Waals surface area (Å²) < 4.78 is 35.1.